The standard InChI is InChI=1S/C33H45N5O5S/c1-20(2)29(27-17-28(37-43-27)42-15-12-33(5)10-13-34-14-11-33)32(41)38-18-25(39)16-26(38)31(40)36-21(3)23-6-8-24(9-7-23)30-22(4)35-19-44-30/h6-9,17,19-21,25-26,29,34,39H,10-16,18H2,1-5H3,(H,36,40)/t21?,25-,26+,29?/m1/s1. The van der Waals surface area contributed by atoms with Crippen LogP contribution in [0, 0.1) is 18.3 Å². The maximum absolute atomic E-state index is 13.9. The molecule has 44 heavy (non-hydrogen) atoms. The number of β-amino-alcohol motifs (C(OH)–C–C–N with tert-alkyl or cyclic N) is 1. The van der Waals surface area contributed by atoms with Crippen LogP contribution < -0.4 is 15.4 Å². The SMILES string of the molecule is Cc1ncsc1-c1ccc(C(C)NC(=O)[C@@H]2C[C@@H](O)CN2C(=O)C(c2cc(OCCC3(C)CCNCC3)no2)C(C)C)cc1. The second kappa shape index (κ2) is 13.8. The van der Waals surface area contributed by atoms with E-state index < -0.39 is 18.1 Å². The third kappa shape index (κ3) is 7.33. The fourth-order valence-corrected chi connectivity index (χ4v) is 7.10. The molecule has 5 rings (SSSR count). The second-order valence-corrected chi connectivity index (χ2v) is 13.8. The number of aryl methyl sites for hydroxylation is 1. The fourth-order valence-electron chi connectivity index (χ4n) is 6.28. The molecular weight excluding hydrogens is 578 g/mol. The van der Waals surface area contributed by atoms with Crippen molar-refractivity contribution in [3.63, 3.8) is 0 Å². The van der Waals surface area contributed by atoms with E-state index in [0.717, 1.165) is 54.0 Å². The molecule has 10 nitrogen and oxygen atoms in total. The van der Waals surface area contributed by atoms with Crippen LogP contribution in [0.5, 0.6) is 5.88 Å². The molecule has 4 heterocycles. The minimum atomic E-state index is -0.787. The van der Waals surface area contributed by atoms with Crippen LogP contribution in [-0.4, -0.2) is 70.3 Å². The summed E-state index contributed by atoms with van der Waals surface area (Å²) in [5, 5.41) is 21.1. The molecule has 2 aliphatic heterocycles. The summed E-state index contributed by atoms with van der Waals surface area (Å²) in [6, 6.07) is 8.68. The number of nitrogens with zero attached hydrogens (tertiary/aromatic N) is 3. The Kier molecular flexibility index (Phi) is 10.1. The highest BCUT2D eigenvalue weighted by atomic mass is 32.1. The first-order valence-electron chi connectivity index (χ1n) is 15.6. The number of piperidine rings is 1. The number of hydrogen-bond acceptors (Lipinski definition) is 9. The van der Waals surface area contributed by atoms with Gasteiger partial charge in [-0.15, -0.1) is 11.3 Å². The molecule has 238 valence electrons. The average molecular weight is 624 g/mol. The molecule has 0 bridgehead atoms. The fraction of sp³-hybridized carbons (Fsp3) is 0.576. The molecule has 3 N–H and O–H groups in total. The summed E-state index contributed by atoms with van der Waals surface area (Å²) in [6.45, 7) is 12.7. The van der Waals surface area contributed by atoms with Crippen molar-refractivity contribution < 1.29 is 24.0 Å². The molecule has 11 heteroatoms. The van der Waals surface area contributed by atoms with Gasteiger partial charge in [0.05, 0.1) is 34.8 Å². The van der Waals surface area contributed by atoms with Crippen molar-refractivity contribution in [1.29, 1.82) is 0 Å². The minimum Gasteiger partial charge on any atom is -0.475 e. The van der Waals surface area contributed by atoms with Crippen molar-refractivity contribution in [3.8, 4) is 16.3 Å². The second-order valence-electron chi connectivity index (χ2n) is 13.0. The van der Waals surface area contributed by atoms with E-state index >= 15 is 0 Å². The Balaban J connectivity index is 1.22. The van der Waals surface area contributed by atoms with Gasteiger partial charge in [-0.2, -0.15) is 0 Å². The van der Waals surface area contributed by atoms with Gasteiger partial charge in [0.15, 0.2) is 5.76 Å². The molecule has 0 spiro atoms. The van der Waals surface area contributed by atoms with Crippen LogP contribution in [0.15, 0.2) is 40.4 Å². The number of aliphatic hydroxyl groups excluding tert-OH is 1. The van der Waals surface area contributed by atoms with Gasteiger partial charge in [-0.25, -0.2) is 4.98 Å². The molecule has 3 aromatic rings. The molecular formula is C33H45N5O5S. The highest BCUT2D eigenvalue weighted by molar-refractivity contribution is 7.13. The molecule has 2 unspecified atom stereocenters. The molecule has 2 fully saturated rings. The number of likely N-dealkylation sites (tertiary alicyclic amines) is 1. The van der Waals surface area contributed by atoms with Crippen LogP contribution in [0.1, 0.15) is 82.4 Å². The third-order valence-corrected chi connectivity index (χ3v) is 10.1. The minimum absolute atomic E-state index is 0.0857. The van der Waals surface area contributed by atoms with Gasteiger partial charge in [-0.1, -0.05) is 45.0 Å². The van der Waals surface area contributed by atoms with Gasteiger partial charge in [-0.3, -0.25) is 9.59 Å². The zero-order valence-electron chi connectivity index (χ0n) is 26.3. The highest BCUT2D eigenvalue weighted by Gasteiger charge is 2.43. The van der Waals surface area contributed by atoms with E-state index in [4.69, 9.17) is 9.26 Å². The molecule has 2 aromatic heterocycles. The summed E-state index contributed by atoms with van der Waals surface area (Å²) in [6.07, 6.45) is 2.53. The topological polar surface area (TPSA) is 130 Å². The molecule has 2 aliphatic rings. The van der Waals surface area contributed by atoms with Gasteiger partial charge in [0.2, 0.25) is 11.8 Å². The summed E-state index contributed by atoms with van der Waals surface area (Å²) in [5.41, 5.74) is 5.09. The van der Waals surface area contributed by atoms with Crippen LogP contribution in [0.25, 0.3) is 10.4 Å². The van der Waals surface area contributed by atoms with E-state index in [1.165, 1.54) is 4.90 Å². The van der Waals surface area contributed by atoms with E-state index in [1.54, 1.807) is 17.4 Å². The lowest BCUT2D eigenvalue weighted by Gasteiger charge is -2.33. The highest BCUT2D eigenvalue weighted by Crippen LogP contribution is 2.34. The number of benzene rings is 1. The maximum Gasteiger partial charge on any atom is 0.254 e. The van der Waals surface area contributed by atoms with Gasteiger partial charge in [0, 0.05) is 19.0 Å². The summed E-state index contributed by atoms with van der Waals surface area (Å²) in [4.78, 5) is 34.4. The lowest BCUT2D eigenvalue weighted by atomic mass is 9.78. The first kappa shape index (κ1) is 32.1. The number of aliphatic hydroxyl groups is 1. The van der Waals surface area contributed by atoms with Crippen LogP contribution in [0.4, 0.5) is 0 Å². The van der Waals surface area contributed by atoms with Crippen LogP contribution >= 0.6 is 11.3 Å². The Morgan fingerprint density at radius 3 is 2.61 bits per heavy atom. The van der Waals surface area contributed by atoms with E-state index in [2.05, 4.69) is 27.7 Å². The monoisotopic (exact) mass is 623 g/mol. The average Bonchev–Trinajstić information content (AvgIpc) is 3.73. The van der Waals surface area contributed by atoms with Gasteiger partial charge in [0.1, 0.15) is 12.0 Å². The van der Waals surface area contributed by atoms with Crippen LogP contribution in [-0.2, 0) is 9.59 Å². The number of aromatic nitrogens is 2. The van der Waals surface area contributed by atoms with Crippen molar-refractivity contribution in [2.24, 2.45) is 11.3 Å². The van der Waals surface area contributed by atoms with E-state index in [1.807, 2.05) is 57.5 Å². The van der Waals surface area contributed by atoms with Gasteiger partial charge < -0.3 is 29.9 Å². The molecule has 0 saturated carbocycles. The zero-order valence-corrected chi connectivity index (χ0v) is 27.2. The van der Waals surface area contributed by atoms with E-state index in [-0.39, 0.29) is 42.2 Å². The Morgan fingerprint density at radius 2 is 1.95 bits per heavy atom. The van der Waals surface area contributed by atoms with Crippen LogP contribution in [0.3, 0.4) is 0 Å². The lowest BCUT2D eigenvalue weighted by molar-refractivity contribution is -0.141. The van der Waals surface area contributed by atoms with E-state index in [9.17, 15) is 14.7 Å². The Morgan fingerprint density at radius 1 is 1.23 bits per heavy atom. The normalized spacial score (nSPS) is 21.3. The Bertz CT molecular complexity index is 1410. The van der Waals surface area contributed by atoms with Gasteiger partial charge >= 0.3 is 0 Å². The Hall–Kier alpha value is -3.28. The predicted molar refractivity (Wildman–Crippen MR) is 169 cm³/mol. The molecule has 2 amide bonds. The first-order chi connectivity index (χ1) is 21.0. The first-order valence-corrected chi connectivity index (χ1v) is 16.5. The van der Waals surface area contributed by atoms with Gasteiger partial charge in [0.25, 0.3) is 5.88 Å². The van der Waals surface area contributed by atoms with Crippen molar-refractivity contribution in [2.45, 2.75) is 84.4 Å². The smallest absolute Gasteiger partial charge is 0.254 e. The number of amides is 2. The Labute approximate surface area is 263 Å². The van der Waals surface area contributed by atoms with Crippen molar-refractivity contribution in [1.82, 2.24) is 25.7 Å². The number of hydrogen-bond donors (Lipinski definition) is 3. The quantitative estimate of drug-likeness (QED) is 0.277. The number of ether oxygens (including phenoxy) is 1. The number of thiazole rings is 1. The summed E-state index contributed by atoms with van der Waals surface area (Å²) in [7, 11) is 0. The summed E-state index contributed by atoms with van der Waals surface area (Å²) >= 11 is 1.60. The van der Waals surface area contributed by atoms with Crippen molar-refractivity contribution >= 4 is 23.2 Å². The van der Waals surface area contributed by atoms with Crippen molar-refractivity contribution in [2.75, 3.05) is 26.2 Å². The van der Waals surface area contributed by atoms with E-state index in [0.29, 0.717) is 18.2 Å². The molecule has 4 atom stereocenters. The molecule has 0 aliphatic carbocycles. The number of rotatable bonds is 11. The zero-order chi connectivity index (χ0) is 31.4. The lowest BCUT2D eigenvalue weighted by Crippen LogP contribution is -2.48. The van der Waals surface area contributed by atoms with Crippen LogP contribution in [0.2, 0.25) is 0 Å². The summed E-state index contributed by atoms with van der Waals surface area (Å²) in [5.74, 6) is -0.588. The third-order valence-electron chi connectivity index (χ3n) is 9.15. The molecule has 0 radical (unpaired) electrons. The predicted octanol–water partition coefficient (Wildman–Crippen LogP) is 4.84. The number of nitrogens with one attached hydrogen (secondary N) is 2. The molecule has 2 saturated heterocycles. The number of carbonyl (C=O) groups is 2. The largest absolute Gasteiger partial charge is 0.475 e. The maximum atomic E-state index is 13.9. The summed E-state index contributed by atoms with van der Waals surface area (Å²) < 4.78 is 11.6. The number of carbonyl (C=O) groups excluding carboxylic acids is 2. The van der Waals surface area contributed by atoms with Gasteiger partial charge in [-0.05, 0) is 73.8 Å². The van der Waals surface area contributed by atoms with Crippen molar-refractivity contribution in [3.05, 3.63) is 52.9 Å². The molecule has 1 aromatic carbocycles.